The van der Waals surface area contributed by atoms with Crippen molar-refractivity contribution in [2.24, 2.45) is 0 Å². The monoisotopic (exact) mass is 420 g/mol. The van der Waals surface area contributed by atoms with Crippen molar-refractivity contribution < 1.29 is 28.6 Å². The lowest BCUT2D eigenvalue weighted by atomic mass is 10.2. The van der Waals surface area contributed by atoms with E-state index >= 15 is 0 Å². The van der Waals surface area contributed by atoms with Gasteiger partial charge in [0.15, 0.2) is 11.5 Å². The molecule has 1 unspecified atom stereocenters. The predicted octanol–water partition coefficient (Wildman–Crippen LogP) is 2.43. The predicted molar refractivity (Wildman–Crippen MR) is 109 cm³/mol. The SMILES string of the molecule is CCOc1ccc(/C=C2\SC(=O)N(CCNC(=O)C3CCCO3)C2=O)cc1OC. The smallest absolute Gasteiger partial charge is 0.293 e. The van der Waals surface area contributed by atoms with Gasteiger partial charge >= 0.3 is 0 Å². The second-order valence-corrected chi connectivity index (χ2v) is 7.46. The topological polar surface area (TPSA) is 94.2 Å². The van der Waals surface area contributed by atoms with E-state index in [1.54, 1.807) is 31.4 Å². The number of carbonyl (C=O) groups is 3. The largest absolute Gasteiger partial charge is 0.493 e. The first-order valence-corrected chi connectivity index (χ1v) is 10.3. The number of thioether (sulfide) groups is 1. The summed E-state index contributed by atoms with van der Waals surface area (Å²) in [4.78, 5) is 38.2. The molecule has 156 valence electrons. The molecule has 0 aromatic heterocycles. The maximum atomic E-state index is 12.6. The average Bonchev–Trinajstić information content (AvgIpc) is 3.34. The number of ether oxygens (including phenoxy) is 3. The van der Waals surface area contributed by atoms with Crippen LogP contribution in [-0.4, -0.2) is 61.5 Å². The van der Waals surface area contributed by atoms with Gasteiger partial charge in [0.05, 0.1) is 18.6 Å². The third-order valence-electron chi connectivity index (χ3n) is 4.52. The van der Waals surface area contributed by atoms with Gasteiger partial charge in [0.1, 0.15) is 6.10 Å². The van der Waals surface area contributed by atoms with Crippen LogP contribution in [0.2, 0.25) is 0 Å². The Morgan fingerprint density at radius 2 is 2.21 bits per heavy atom. The van der Waals surface area contributed by atoms with Gasteiger partial charge in [-0.15, -0.1) is 0 Å². The van der Waals surface area contributed by atoms with Crippen molar-refractivity contribution in [2.45, 2.75) is 25.9 Å². The molecule has 3 rings (SSSR count). The Kier molecular flexibility index (Phi) is 7.16. The van der Waals surface area contributed by atoms with Crippen LogP contribution in [0.3, 0.4) is 0 Å². The van der Waals surface area contributed by atoms with Crippen LogP contribution in [0.15, 0.2) is 23.1 Å². The summed E-state index contributed by atoms with van der Waals surface area (Å²) in [6.45, 7) is 3.29. The Labute approximate surface area is 173 Å². The fraction of sp³-hybridized carbons (Fsp3) is 0.450. The summed E-state index contributed by atoms with van der Waals surface area (Å²) < 4.78 is 16.1. The molecule has 3 amide bonds. The van der Waals surface area contributed by atoms with Gasteiger partial charge in [0, 0.05) is 19.7 Å². The molecular formula is C20H24N2O6S. The normalized spacial score (nSPS) is 20.4. The van der Waals surface area contributed by atoms with Crippen molar-refractivity contribution in [1.29, 1.82) is 0 Å². The highest BCUT2D eigenvalue weighted by Crippen LogP contribution is 2.34. The molecule has 0 bridgehead atoms. The Morgan fingerprint density at radius 1 is 1.38 bits per heavy atom. The molecule has 0 spiro atoms. The zero-order chi connectivity index (χ0) is 20.8. The van der Waals surface area contributed by atoms with E-state index in [1.165, 1.54) is 0 Å². The molecule has 1 atom stereocenters. The molecule has 2 heterocycles. The lowest BCUT2D eigenvalue weighted by Crippen LogP contribution is -2.40. The molecular weight excluding hydrogens is 396 g/mol. The van der Waals surface area contributed by atoms with Crippen LogP contribution >= 0.6 is 11.8 Å². The fourth-order valence-corrected chi connectivity index (χ4v) is 3.95. The van der Waals surface area contributed by atoms with Crippen molar-refractivity contribution >= 4 is 34.9 Å². The summed E-state index contributed by atoms with van der Waals surface area (Å²) in [5.74, 6) is 0.588. The van der Waals surface area contributed by atoms with Gasteiger partial charge in [0.2, 0.25) is 5.91 Å². The molecule has 2 aliphatic rings. The zero-order valence-corrected chi connectivity index (χ0v) is 17.3. The molecule has 1 aromatic carbocycles. The second-order valence-electron chi connectivity index (χ2n) is 6.47. The molecule has 1 aromatic rings. The number of benzene rings is 1. The number of imide groups is 1. The molecule has 2 saturated heterocycles. The summed E-state index contributed by atoms with van der Waals surface area (Å²) in [5, 5.41) is 2.37. The molecule has 1 N–H and O–H groups in total. The van der Waals surface area contributed by atoms with Gasteiger partial charge < -0.3 is 19.5 Å². The third kappa shape index (κ3) is 5.10. The zero-order valence-electron chi connectivity index (χ0n) is 16.4. The lowest BCUT2D eigenvalue weighted by Gasteiger charge is -2.14. The Bertz CT molecular complexity index is 819. The highest BCUT2D eigenvalue weighted by molar-refractivity contribution is 8.18. The van der Waals surface area contributed by atoms with Crippen molar-refractivity contribution in [1.82, 2.24) is 10.2 Å². The van der Waals surface area contributed by atoms with E-state index in [1.807, 2.05) is 6.92 Å². The van der Waals surface area contributed by atoms with Crippen LogP contribution in [0.5, 0.6) is 11.5 Å². The fourth-order valence-electron chi connectivity index (χ4n) is 3.08. The number of nitrogens with one attached hydrogen (secondary N) is 1. The van der Waals surface area contributed by atoms with Crippen LogP contribution in [0.4, 0.5) is 4.79 Å². The summed E-state index contributed by atoms with van der Waals surface area (Å²) in [6.07, 6.45) is 2.78. The number of hydrogen-bond donors (Lipinski definition) is 1. The van der Waals surface area contributed by atoms with Gasteiger partial charge in [-0.05, 0) is 55.3 Å². The highest BCUT2D eigenvalue weighted by Gasteiger charge is 2.35. The molecule has 0 aliphatic carbocycles. The number of methoxy groups -OCH3 is 1. The van der Waals surface area contributed by atoms with Crippen molar-refractivity contribution in [3.05, 3.63) is 28.7 Å². The second kappa shape index (κ2) is 9.80. The number of hydrogen-bond acceptors (Lipinski definition) is 7. The van der Waals surface area contributed by atoms with Crippen LogP contribution < -0.4 is 14.8 Å². The maximum Gasteiger partial charge on any atom is 0.293 e. The van der Waals surface area contributed by atoms with Crippen LogP contribution in [0.1, 0.15) is 25.3 Å². The average molecular weight is 420 g/mol. The quantitative estimate of drug-likeness (QED) is 0.646. The first kappa shape index (κ1) is 21.2. The van der Waals surface area contributed by atoms with Gasteiger partial charge in [-0.3, -0.25) is 19.3 Å². The van der Waals surface area contributed by atoms with Gasteiger partial charge in [-0.1, -0.05) is 6.07 Å². The Hall–Kier alpha value is -2.52. The third-order valence-corrected chi connectivity index (χ3v) is 5.42. The van der Waals surface area contributed by atoms with Crippen molar-refractivity contribution in [3.63, 3.8) is 0 Å². The molecule has 29 heavy (non-hydrogen) atoms. The van der Waals surface area contributed by atoms with E-state index in [2.05, 4.69) is 5.32 Å². The van der Waals surface area contributed by atoms with Crippen molar-refractivity contribution in [2.75, 3.05) is 33.4 Å². The Balaban J connectivity index is 1.61. The molecule has 0 radical (unpaired) electrons. The first-order chi connectivity index (χ1) is 14.0. The maximum absolute atomic E-state index is 12.6. The standard InChI is InChI=1S/C20H24N2O6S/c1-3-27-14-7-6-13(11-16(14)26-2)12-17-19(24)22(20(25)29-17)9-8-21-18(23)15-5-4-10-28-15/h6-7,11-12,15H,3-5,8-10H2,1-2H3,(H,21,23)/b17-12-. The minimum Gasteiger partial charge on any atom is -0.493 e. The van der Waals surface area contributed by atoms with E-state index in [9.17, 15) is 14.4 Å². The molecule has 9 heteroatoms. The first-order valence-electron chi connectivity index (χ1n) is 9.49. The van der Waals surface area contributed by atoms with E-state index in [4.69, 9.17) is 14.2 Å². The molecule has 2 fully saturated rings. The van der Waals surface area contributed by atoms with Crippen LogP contribution in [0.25, 0.3) is 6.08 Å². The summed E-state index contributed by atoms with van der Waals surface area (Å²) in [7, 11) is 1.54. The summed E-state index contributed by atoms with van der Waals surface area (Å²) in [5.41, 5.74) is 0.725. The number of carbonyl (C=O) groups excluding carboxylic acids is 3. The molecule has 0 saturated carbocycles. The Morgan fingerprint density at radius 3 is 2.90 bits per heavy atom. The lowest BCUT2D eigenvalue weighted by molar-refractivity contribution is -0.130. The van der Waals surface area contributed by atoms with Crippen LogP contribution in [0, 0.1) is 0 Å². The molecule has 8 nitrogen and oxygen atoms in total. The van der Waals surface area contributed by atoms with Gasteiger partial charge in [0.25, 0.3) is 11.1 Å². The van der Waals surface area contributed by atoms with E-state index < -0.39 is 6.10 Å². The minimum atomic E-state index is -0.431. The van der Waals surface area contributed by atoms with Crippen molar-refractivity contribution in [3.8, 4) is 11.5 Å². The highest BCUT2D eigenvalue weighted by atomic mass is 32.2. The minimum absolute atomic E-state index is 0.118. The summed E-state index contributed by atoms with van der Waals surface area (Å²) >= 11 is 0.878. The number of amides is 3. The summed E-state index contributed by atoms with van der Waals surface area (Å²) in [6, 6.07) is 5.31. The van der Waals surface area contributed by atoms with Crippen LogP contribution in [-0.2, 0) is 14.3 Å². The van der Waals surface area contributed by atoms with Gasteiger partial charge in [-0.25, -0.2) is 0 Å². The van der Waals surface area contributed by atoms with E-state index in [0.29, 0.717) is 36.0 Å². The molecule has 2 aliphatic heterocycles. The number of nitrogens with zero attached hydrogens (tertiary/aromatic N) is 1. The van der Waals surface area contributed by atoms with E-state index in [0.717, 1.165) is 28.6 Å². The van der Waals surface area contributed by atoms with Gasteiger partial charge in [-0.2, -0.15) is 0 Å². The number of rotatable bonds is 8. The van der Waals surface area contributed by atoms with E-state index in [-0.39, 0.29) is 30.1 Å².